The van der Waals surface area contributed by atoms with Crippen molar-refractivity contribution >= 4 is 5.69 Å². The summed E-state index contributed by atoms with van der Waals surface area (Å²) in [5, 5.41) is 3.79. The first-order valence-electron chi connectivity index (χ1n) is 8.06. The molecule has 0 bridgehead atoms. The van der Waals surface area contributed by atoms with Crippen molar-refractivity contribution in [2.24, 2.45) is 0 Å². The van der Waals surface area contributed by atoms with Crippen LogP contribution in [0.15, 0.2) is 18.2 Å². The zero-order chi connectivity index (χ0) is 14.7. The molecule has 1 aliphatic heterocycles. The van der Waals surface area contributed by atoms with Crippen molar-refractivity contribution in [2.45, 2.75) is 58.4 Å². The van der Waals surface area contributed by atoms with Crippen LogP contribution in [0.1, 0.15) is 63.5 Å². The Morgan fingerprint density at radius 3 is 2.25 bits per heavy atom. The van der Waals surface area contributed by atoms with Gasteiger partial charge in [0.2, 0.25) is 0 Å². The summed E-state index contributed by atoms with van der Waals surface area (Å²) >= 11 is 0. The number of likely N-dealkylation sites (tertiary alicyclic amines) is 1. The zero-order valence-corrected chi connectivity index (χ0v) is 13.7. The minimum Gasteiger partial charge on any atom is -0.382 e. The van der Waals surface area contributed by atoms with Crippen LogP contribution >= 0.6 is 0 Å². The zero-order valence-electron chi connectivity index (χ0n) is 13.7. The van der Waals surface area contributed by atoms with E-state index in [0.717, 1.165) is 0 Å². The van der Waals surface area contributed by atoms with E-state index in [9.17, 15) is 0 Å². The highest BCUT2D eigenvalue weighted by molar-refractivity contribution is 5.55. The fourth-order valence-corrected chi connectivity index (χ4v) is 2.92. The van der Waals surface area contributed by atoms with E-state index in [-0.39, 0.29) is 0 Å². The van der Waals surface area contributed by atoms with E-state index in [1.54, 1.807) is 0 Å². The van der Waals surface area contributed by atoms with Gasteiger partial charge in [0.15, 0.2) is 0 Å². The average molecular weight is 274 g/mol. The van der Waals surface area contributed by atoms with Crippen LogP contribution in [0.3, 0.4) is 0 Å². The van der Waals surface area contributed by atoms with Gasteiger partial charge in [0, 0.05) is 11.7 Å². The second-order valence-corrected chi connectivity index (χ2v) is 6.88. The second-order valence-electron chi connectivity index (χ2n) is 6.88. The largest absolute Gasteiger partial charge is 0.382 e. The van der Waals surface area contributed by atoms with Gasteiger partial charge in [-0.3, -0.25) is 0 Å². The van der Waals surface area contributed by atoms with Gasteiger partial charge in [-0.1, -0.05) is 39.8 Å². The number of anilines is 1. The van der Waals surface area contributed by atoms with E-state index in [1.165, 1.54) is 42.7 Å². The Hall–Kier alpha value is -1.02. The van der Waals surface area contributed by atoms with Gasteiger partial charge in [-0.25, -0.2) is 0 Å². The summed E-state index contributed by atoms with van der Waals surface area (Å²) in [4.78, 5) is 2.42. The maximum atomic E-state index is 3.79. The molecule has 1 N–H and O–H groups in total. The number of benzene rings is 1. The van der Waals surface area contributed by atoms with Crippen LogP contribution in [-0.2, 0) is 0 Å². The molecule has 0 unspecified atom stereocenters. The molecule has 112 valence electrons. The molecule has 2 nitrogen and oxygen atoms in total. The van der Waals surface area contributed by atoms with Gasteiger partial charge in [-0.15, -0.1) is 0 Å². The second kappa shape index (κ2) is 6.62. The SMILES string of the molecule is CC(C)c1ccc(NC2CCN(C)CC2)c(C(C)C)c1. The smallest absolute Gasteiger partial charge is 0.0377 e. The maximum Gasteiger partial charge on any atom is 0.0377 e. The minimum atomic E-state index is 0.572. The Kier molecular flexibility index (Phi) is 5.09. The van der Waals surface area contributed by atoms with Crippen LogP contribution in [0.4, 0.5) is 5.69 Å². The van der Waals surface area contributed by atoms with Crippen molar-refractivity contribution in [3.05, 3.63) is 29.3 Å². The summed E-state index contributed by atoms with van der Waals surface area (Å²) in [6.07, 6.45) is 2.50. The van der Waals surface area contributed by atoms with Crippen molar-refractivity contribution < 1.29 is 0 Å². The number of hydrogen-bond acceptors (Lipinski definition) is 2. The van der Waals surface area contributed by atoms with Gasteiger partial charge in [0.25, 0.3) is 0 Å². The lowest BCUT2D eigenvalue weighted by atomic mass is 9.93. The topological polar surface area (TPSA) is 15.3 Å². The molecule has 1 fully saturated rings. The molecule has 0 aromatic heterocycles. The molecule has 0 radical (unpaired) electrons. The van der Waals surface area contributed by atoms with Crippen LogP contribution < -0.4 is 5.32 Å². The molecular weight excluding hydrogens is 244 g/mol. The molecule has 0 aliphatic carbocycles. The third-order valence-corrected chi connectivity index (χ3v) is 4.44. The quantitative estimate of drug-likeness (QED) is 0.873. The van der Waals surface area contributed by atoms with E-state index in [0.29, 0.717) is 17.9 Å². The molecule has 1 saturated heterocycles. The molecule has 1 heterocycles. The molecule has 1 aromatic rings. The highest BCUT2D eigenvalue weighted by Crippen LogP contribution is 2.29. The Bertz CT molecular complexity index is 429. The standard InChI is InChI=1S/C18H30N2/c1-13(2)15-6-7-18(17(12-15)14(3)4)19-16-8-10-20(5)11-9-16/h6-7,12-14,16,19H,8-11H2,1-5H3. The number of nitrogens with one attached hydrogen (secondary N) is 1. The first kappa shape index (κ1) is 15.4. The minimum absolute atomic E-state index is 0.572. The van der Waals surface area contributed by atoms with E-state index in [2.05, 4.69) is 63.2 Å². The average Bonchev–Trinajstić information content (AvgIpc) is 2.41. The fraction of sp³-hybridized carbons (Fsp3) is 0.667. The number of piperidine rings is 1. The Morgan fingerprint density at radius 1 is 1.05 bits per heavy atom. The molecule has 1 aromatic carbocycles. The van der Waals surface area contributed by atoms with E-state index in [1.807, 2.05) is 0 Å². The van der Waals surface area contributed by atoms with E-state index in [4.69, 9.17) is 0 Å². The normalized spacial score (nSPS) is 17.9. The van der Waals surface area contributed by atoms with Crippen LogP contribution in [0, 0.1) is 0 Å². The lowest BCUT2D eigenvalue weighted by Gasteiger charge is -2.31. The van der Waals surface area contributed by atoms with Crippen LogP contribution in [-0.4, -0.2) is 31.1 Å². The first-order chi connectivity index (χ1) is 9.47. The van der Waals surface area contributed by atoms with Gasteiger partial charge >= 0.3 is 0 Å². The Balaban J connectivity index is 2.14. The van der Waals surface area contributed by atoms with E-state index < -0.39 is 0 Å². The molecule has 2 rings (SSSR count). The van der Waals surface area contributed by atoms with Crippen molar-refractivity contribution in [2.75, 3.05) is 25.5 Å². The molecule has 2 heteroatoms. The maximum absolute atomic E-state index is 3.79. The Labute approximate surface area is 124 Å². The predicted octanol–water partition coefficient (Wildman–Crippen LogP) is 4.44. The highest BCUT2D eigenvalue weighted by Gasteiger charge is 2.18. The van der Waals surface area contributed by atoms with Crippen LogP contribution in [0.5, 0.6) is 0 Å². The van der Waals surface area contributed by atoms with Crippen molar-refractivity contribution in [1.29, 1.82) is 0 Å². The monoisotopic (exact) mass is 274 g/mol. The lowest BCUT2D eigenvalue weighted by Crippen LogP contribution is -2.36. The number of nitrogens with zero attached hydrogens (tertiary/aromatic N) is 1. The van der Waals surface area contributed by atoms with Gasteiger partial charge in [-0.2, -0.15) is 0 Å². The van der Waals surface area contributed by atoms with Gasteiger partial charge in [0.05, 0.1) is 0 Å². The molecular formula is C18H30N2. The summed E-state index contributed by atoms with van der Waals surface area (Å²) in [5.74, 6) is 1.17. The lowest BCUT2D eigenvalue weighted by molar-refractivity contribution is 0.264. The molecule has 1 aliphatic rings. The van der Waals surface area contributed by atoms with Crippen LogP contribution in [0.2, 0.25) is 0 Å². The molecule has 0 spiro atoms. The third-order valence-electron chi connectivity index (χ3n) is 4.44. The highest BCUT2D eigenvalue weighted by atomic mass is 15.1. The van der Waals surface area contributed by atoms with Gasteiger partial charge < -0.3 is 10.2 Å². The molecule has 0 amide bonds. The first-order valence-corrected chi connectivity index (χ1v) is 8.06. The fourth-order valence-electron chi connectivity index (χ4n) is 2.92. The Morgan fingerprint density at radius 2 is 1.70 bits per heavy atom. The summed E-state index contributed by atoms with van der Waals surface area (Å²) < 4.78 is 0. The summed E-state index contributed by atoms with van der Waals surface area (Å²) in [5.41, 5.74) is 4.26. The number of hydrogen-bond donors (Lipinski definition) is 1. The van der Waals surface area contributed by atoms with Gasteiger partial charge in [-0.05, 0) is 62.0 Å². The van der Waals surface area contributed by atoms with Crippen molar-refractivity contribution in [3.8, 4) is 0 Å². The molecule has 20 heavy (non-hydrogen) atoms. The molecule has 0 atom stereocenters. The van der Waals surface area contributed by atoms with Crippen molar-refractivity contribution in [3.63, 3.8) is 0 Å². The van der Waals surface area contributed by atoms with E-state index >= 15 is 0 Å². The third kappa shape index (κ3) is 3.76. The molecule has 0 saturated carbocycles. The summed E-state index contributed by atoms with van der Waals surface area (Å²) in [7, 11) is 2.22. The summed E-state index contributed by atoms with van der Waals surface area (Å²) in [6, 6.07) is 7.61. The van der Waals surface area contributed by atoms with Crippen LogP contribution in [0.25, 0.3) is 0 Å². The summed E-state index contributed by atoms with van der Waals surface area (Å²) in [6.45, 7) is 11.5. The number of rotatable bonds is 4. The van der Waals surface area contributed by atoms with Crippen molar-refractivity contribution in [1.82, 2.24) is 4.90 Å². The van der Waals surface area contributed by atoms with Gasteiger partial charge in [0.1, 0.15) is 0 Å². The predicted molar refractivity (Wildman–Crippen MR) is 88.8 cm³/mol.